The maximum atomic E-state index is 12.8. The Bertz CT molecular complexity index is 1330. The fourth-order valence-electron chi connectivity index (χ4n) is 4.46. The molecule has 1 fully saturated rings. The lowest BCUT2D eigenvalue weighted by molar-refractivity contribution is -0.139. The lowest BCUT2D eigenvalue weighted by Gasteiger charge is -2.18. The molecule has 2 heterocycles. The van der Waals surface area contributed by atoms with Gasteiger partial charge in [0.2, 0.25) is 5.91 Å². The van der Waals surface area contributed by atoms with E-state index in [1.165, 1.54) is 0 Å². The van der Waals surface area contributed by atoms with Gasteiger partial charge in [-0.25, -0.2) is 4.90 Å². The molecule has 1 atom stereocenters. The predicted octanol–water partition coefficient (Wildman–Crippen LogP) is 4.06. The number of fused-ring (bicyclic) bond motifs is 1. The maximum Gasteiger partial charge on any atom is 0.316 e. The molecule has 1 saturated heterocycles. The summed E-state index contributed by atoms with van der Waals surface area (Å²) >= 11 is 0. The number of imide groups is 1. The monoisotopic (exact) mass is 454 g/mol. The molecule has 0 aliphatic carbocycles. The van der Waals surface area contributed by atoms with Gasteiger partial charge in [-0.15, -0.1) is 0 Å². The van der Waals surface area contributed by atoms with E-state index in [0.717, 1.165) is 16.2 Å². The molecule has 3 aromatic carbocycles. The Morgan fingerprint density at radius 2 is 1.59 bits per heavy atom. The number of hydrogen-bond acceptors (Lipinski definition) is 5. The molecular formula is C27H22N2O5. The molecule has 0 spiro atoms. The topological polar surface area (TPSA) is 84.0 Å². The molecule has 5 rings (SSSR count). The van der Waals surface area contributed by atoms with E-state index in [0.29, 0.717) is 28.1 Å². The van der Waals surface area contributed by atoms with E-state index in [9.17, 15) is 19.2 Å². The standard InChI is InChI=1S/C27H22N2O5/c1-16-6-5-7-19(12-16)28-15-18(14-24(28)30)27(33)34-20-10-11-23(17(2)13-20)29-25(31)21-8-3-4-9-22(21)26(29)32/h3-13,18H,14-15H2,1-2H3/t18-/m0/s1. The van der Waals surface area contributed by atoms with Gasteiger partial charge in [-0.3, -0.25) is 19.2 Å². The molecule has 7 nitrogen and oxygen atoms in total. The number of rotatable bonds is 4. The van der Waals surface area contributed by atoms with Crippen LogP contribution in [0.2, 0.25) is 0 Å². The summed E-state index contributed by atoms with van der Waals surface area (Å²) in [5.74, 6) is -1.65. The van der Waals surface area contributed by atoms with Gasteiger partial charge in [0.05, 0.1) is 22.7 Å². The van der Waals surface area contributed by atoms with E-state index in [1.807, 2.05) is 31.2 Å². The van der Waals surface area contributed by atoms with Gasteiger partial charge in [0.15, 0.2) is 0 Å². The lowest BCUT2D eigenvalue weighted by atomic mass is 10.1. The summed E-state index contributed by atoms with van der Waals surface area (Å²) in [7, 11) is 0. The average molecular weight is 454 g/mol. The van der Waals surface area contributed by atoms with Crippen LogP contribution in [-0.2, 0) is 9.59 Å². The zero-order chi connectivity index (χ0) is 24.0. The van der Waals surface area contributed by atoms with Crippen molar-refractivity contribution in [3.63, 3.8) is 0 Å². The van der Waals surface area contributed by atoms with E-state index in [-0.39, 0.29) is 30.7 Å². The van der Waals surface area contributed by atoms with Gasteiger partial charge in [0, 0.05) is 18.7 Å². The summed E-state index contributed by atoms with van der Waals surface area (Å²) < 4.78 is 5.56. The Balaban J connectivity index is 1.30. The molecule has 0 bridgehead atoms. The first-order valence-corrected chi connectivity index (χ1v) is 11.0. The highest BCUT2D eigenvalue weighted by Crippen LogP contribution is 2.33. The largest absolute Gasteiger partial charge is 0.426 e. The summed E-state index contributed by atoms with van der Waals surface area (Å²) in [6, 6.07) is 19.0. The smallest absolute Gasteiger partial charge is 0.316 e. The highest BCUT2D eigenvalue weighted by atomic mass is 16.5. The van der Waals surface area contributed by atoms with Gasteiger partial charge >= 0.3 is 5.97 Å². The van der Waals surface area contributed by atoms with Crippen LogP contribution in [0.1, 0.15) is 38.3 Å². The summed E-state index contributed by atoms with van der Waals surface area (Å²) in [4.78, 5) is 53.6. The quantitative estimate of drug-likeness (QED) is 0.337. The number of aryl methyl sites for hydroxylation is 2. The number of anilines is 2. The third-order valence-electron chi connectivity index (χ3n) is 6.19. The van der Waals surface area contributed by atoms with Gasteiger partial charge in [0.1, 0.15) is 5.75 Å². The van der Waals surface area contributed by atoms with Gasteiger partial charge in [-0.2, -0.15) is 0 Å². The van der Waals surface area contributed by atoms with Crippen LogP contribution in [0, 0.1) is 19.8 Å². The lowest BCUT2D eigenvalue weighted by Crippen LogP contribution is -2.30. The van der Waals surface area contributed by atoms with E-state index in [2.05, 4.69) is 0 Å². The summed E-state index contributed by atoms with van der Waals surface area (Å²) in [5, 5.41) is 0. The van der Waals surface area contributed by atoms with Crippen LogP contribution in [0.15, 0.2) is 66.7 Å². The molecular weight excluding hydrogens is 432 g/mol. The summed E-state index contributed by atoms with van der Waals surface area (Å²) in [6.07, 6.45) is 0.0822. The second-order valence-corrected chi connectivity index (χ2v) is 8.61. The molecule has 2 aliphatic rings. The SMILES string of the molecule is Cc1cccc(N2C[C@@H](C(=O)Oc3ccc(N4C(=O)c5ccccc5C4=O)c(C)c3)CC2=O)c1. The van der Waals surface area contributed by atoms with Crippen LogP contribution in [-0.4, -0.2) is 30.2 Å². The fourth-order valence-corrected chi connectivity index (χ4v) is 4.46. The first-order chi connectivity index (χ1) is 16.3. The summed E-state index contributed by atoms with van der Waals surface area (Å²) in [5.41, 5.74) is 3.58. The number of carbonyl (C=O) groups excluding carboxylic acids is 4. The Hall–Kier alpha value is -4.26. The Labute approximate surface area is 196 Å². The molecule has 2 aliphatic heterocycles. The minimum atomic E-state index is -0.579. The minimum Gasteiger partial charge on any atom is -0.426 e. The summed E-state index contributed by atoms with van der Waals surface area (Å²) in [6.45, 7) is 3.95. The van der Waals surface area contributed by atoms with Crippen LogP contribution in [0.3, 0.4) is 0 Å². The molecule has 0 radical (unpaired) electrons. The number of esters is 1. The van der Waals surface area contributed by atoms with Crippen molar-refractivity contribution in [3.8, 4) is 5.75 Å². The first-order valence-electron chi connectivity index (χ1n) is 11.0. The van der Waals surface area contributed by atoms with Crippen molar-refractivity contribution in [2.24, 2.45) is 5.92 Å². The van der Waals surface area contributed by atoms with E-state index < -0.39 is 11.9 Å². The molecule has 0 N–H and O–H groups in total. The van der Waals surface area contributed by atoms with Crippen LogP contribution in [0.25, 0.3) is 0 Å². The van der Waals surface area contributed by atoms with Crippen molar-refractivity contribution >= 4 is 35.1 Å². The molecule has 0 unspecified atom stereocenters. The van der Waals surface area contributed by atoms with Crippen molar-refractivity contribution in [2.45, 2.75) is 20.3 Å². The number of hydrogen-bond donors (Lipinski definition) is 0. The van der Waals surface area contributed by atoms with E-state index >= 15 is 0 Å². The molecule has 3 aromatic rings. The van der Waals surface area contributed by atoms with Crippen molar-refractivity contribution < 1.29 is 23.9 Å². The molecule has 3 amide bonds. The number of nitrogens with zero attached hydrogens (tertiary/aromatic N) is 2. The van der Waals surface area contributed by atoms with Gasteiger partial charge in [-0.1, -0.05) is 24.3 Å². The number of ether oxygens (including phenoxy) is 1. The van der Waals surface area contributed by atoms with Crippen molar-refractivity contribution in [1.82, 2.24) is 0 Å². The second-order valence-electron chi connectivity index (χ2n) is 8.61. The third kappa shape index (κ3) is 3.65. The Kier molecular flexibility index (Phi) is 5.24. The zero-order valence-electron chi connectivity index (χ0n) is 18.8. The maximum absolute atomic E-state index is 12.8. The van der Waals surface area contributed by atoms with Crippen LogP contribution in [0.5, 0.6) is 5.75 Å². The Morgan fingerprint density at radius 1 is 0.882 bits per heavy atom. The van der Waals surface area contributed by atoms with Gasteiger partial charge in [0.25, 0.3) is 11.8 Å². The normalized spacial score (nSPS) is 17.4. The van der Waals surface area contributed by atoms with Gasteiger partial charge in [-0.05, 0) is 67.4 Å². The predicted molar refractivity (Wildman–Crippen MR) is 126 cm³/mol. The van der Waals surface area contributed by atoms with Crippen molar-refractivity contribution in [2.75, 3.05) is 16.3 Å². The van der Waals surface area contributed by atoms with Crippen LogP contribution < -0.4 is 14.5 Å². The second kappa shape index (κ2) is 8.26. The number of benzene rings is 3. The molecule has 170 valence electrons. The van der Waals surface area contributed by atoms with Gasteiger partial charge < -0.3 is 9.64 Å². The molecule has 34 heavy (non-hydrogen) atoms. The van der Waals surface area contributed by atoms with Crippen LogP contribution in [0.4, 0.5) is 11.4 Å². The zero-order valence-corrected chi connectivity index (χ0v) is 18.8. The molecule has 0 saturated carbocycles. The van der Waals surface area contributed by atoms with Crippen molar-refractivity contribution in [3.05, 3.63) is 89.0 Å². The molecule has 7 heteroatoms. The van der Waals surface area contributed by atoms with E-state index in [1.54, 1.807) is 54.3 Å². The van der Waals surface area contributed by atoms with E-state index in [4.69, 9.17) is 4.74 Å². The molecule has 0 aromatic heterocycles. The fraction of sp³-hybridized carbons (Fsp3) is 0.185. The first kappa shape index (κ1) is 21.6. The minimum absolute atomic E-state index is 0.0822. The average Bonchev–Trinajstić information content (AvgIpc) is 3.32. The highest BCUT2D eigenvalue weighted by Gasteiger charge is 2.38. The van der Waals surface area contributed by atoms with Crippen molar-refractivity contribution in [1.29, 1.82) is 0 Å². The highest BCUT2D eigenvalue weighted by molar-refractivity contribution is 6.34. The van der Waals surface area contributed by atoms with Crippen LogP contribution >= 0.6 is 0 Å². The third-order valence-corrected chi connectivity index (χ3v) is 6.19. The number of amides is 3. The Morgan fingerprint density at radius 3 is 2.24 bits per heavy atom. The number of carbonyl (C=O) groups is 4.